The molecule has 0 radical (unpaired) electrons. The van der Waals surface area contributed by atoms with Crippen LogP contribution in [0.2, 0.25) is 0 Å². The van der Waals surface area contributed by atoms with E-state index in [4.69, 9.17) is 0 Å². The number of nitro benzene ring substituents is 2. The third-order valence-corrected chi connectivity index (χ3v) is 2.95. The van der Waals surface area contributed by atoms with E-state index in [1.165, 1.54) is 12.1 Å². The van der Waals surface area contributed by atoms with E-state index >= 15 is 0 Å². The van der Waals surface area contributed by atoms with E-state index in [0.29, 0.717) is 0 Å². The third-order valence-electron chi connectivity index (χ3n) is 2.95. The quantitative estimate of drug-likeness (QED) is 0.444. The summed E-state index contributed by atoms with van der Waals surface area (Å²) in [5.74, 6) is 0. The number of anilines is 1. The van der Waals surface area contributed by atoms with E-state index < -0.39 is 9.85 Å². The van der Waals surface area contributed by atoms with E-state index in [2.05, 4.69) is 17.5 Å². The van der Waals surface area contributed by atoms with Crippen molar-refractivity contribution in [2.75, 3.05) is 5.43 Å². The lowest BCUT2D eigenvalue weighted by Gasteiger charge is -2.05. The van der Waals surface area contributed by atoms with Crippen molar-refractivity contribution < 1.29 is 9.85 Å². The standard InChI is InChI=1S/C13H18N4O4/c1-3-5-6-10(4-2)14-15-12-8-7-11(16(18)19)9-13(12)17(20)21/h7-9,15H,3-6H2,1-2H3. The highest BCUT2D eigenvalue weighted by molar-refractivity contribution is 5.85. The lowest BCUT2D eigenvalue weighted by atomic mass is 10.1. The summed E-state index contributed by atoms with van der Waals surface area (Å²) >= 11 is 0. The largest absolute Gasteiger partial charge is 0.301 e. The molecule has 1 N–H and O–H groups in total. The summed E-state index contributed by atoms with van der Waals surface area (Å²) in [6, 6.07) is 3.44. The molecule has 0 spiro atoms. The van der Waals surface area contributed by atoms with Gasteiger partial charge in [0.2, 0.25) is 0 Å². The highest BCUT2D eigenvalue weighted by Gasteiger charge is 2.19. The maximum atomic E-state index is 11.0. The number of unbranched alkanes of at least 4 members (excludes halogenated alkanes) is 1. The van der Waals surface area contributed by atoms with Crippen LogP contribution in [0.4, 0.5) is 17.1 Å². The maximum absolute atomic E-state index is 11.0. The van der Waals surface area contributed by atoms with Gasteiger partial charge < -0.3 is 0 Å². The molecule has 114 valence electrons. The Morgan fingerprint density at radius 2 is 1.95 bits per heavy atom. The molecular formula is C13H18N4O4. The van der Waals surface area contributed by atoms with Crippen LogP contribution in [-0.2, 0) is 0 Å². The first-order valence-corrected chi connectivity index (χ1v) is 6.73. The van der Waals surface area contributed by atoms with Crippen molar-refractivity contribution >= 4 is 22.8 Å². The Morgan fingerprint density at radius 3 is 2.48 bits per heavy atom. The highest BCUT2D eigenvalue weighted by Crippen LogP contribution is 2.28. The van der Waals surface area contributed by atoms with Gasteiger partial charge in [-0.2, -0.15) is 5.10 Å². The summed E-state index contributed by atoms with van der Waals surface area (Å²) in [6.07, 6.45) is 3.60. The molecular weight excluding hydrogens is 276 g/mol. The van der Waals surface area contributed by atoms with Gasteiger partial charge in [0.15, 0.2) is 0 Å². The molecule has 1 aromatic carbocycles. The van der Waals surface area contributed by atoms with Crippen LogP contribution in [-0.4, -0.2) is 15.6 Å². The topological polar surface area (TPSA) is 111 Å². The van der Waals surface area contributed by atoms with Crippen LogP contribution in [0.3, 0.4) is 0 Å². The summed E-state index contributed by atoms with van der Waals surface area (Å²) in [6.45, 7) is 4.03. The molecule has 8 heteroatoms. The second kappa shape index (κ2) is 7.93. The molecule has 0 aliphatic carbocycles. The van der Waals surface area contributed by atoms with Gasteiger partial charge in [-0.3, -0.25) is 25.7 Å². The second-order valence-corrected chi connectivity index (χ2v) is 4.46. The van der Waals surface area contributed by atoms with Crippen LogP contribution >= 0.6 is 0 Å². The molecule has 0 saturated heterocycles. The number of hydrogen-bond donors (Lipinski definition) is 1. The van der Waals surface area contributed by atoms with Gasteiger partial charge in [-0.25, -0.2) is 0 Å². The smallest absolute Gasteiger partial charge is 0.272 e. The Bertz CT molecular complexity index is 557. The Kier molecular flexibility index (Phi) is 6.25. The molecule has 0 aromatic heterocycles. The van der Waals surface area contributed by atoms with Gasteiger partial charge in [0.25, 0.3) is 5.69 Å². The molecule has 1 aromatic rings. The Morgan fingerprint density at radius 1 is 1.24 bits per heavy atom. The SMILES string of the molecule is CCCCC(CC)=NNc1ccc([N+](=O)[O-])cc1[N+](=O)[O-]. The van der Waals surface area contributed by atoms with E-state index in [1.807, 2.05) is 6.92 Å². The maximum Gasteiger partial charge on any atom is 0.301 e. The summed E-state index contributed by atoms with van der Waals surface area (Å²) in [5, 5.41) is 25.8. The van der Waals surface area contributed by atoms with Crippen molar-refractivity contribution in [2.45, 2.75) is 39.5 Å². The first-order valence-electron chi connectivity index (χ1n) is 6.73. The average molecular weight is 294 g/mol. The highest BCUT2D eigenvalue weighted by atomic mass is 16.6. The molecule has 0 unspecified atom stereocenters. The Labute approximate surface area is 122 Å². The van der Waals surface area contributed by atoms with Crippen LogP contribution < -0.4 is 5.43 Å². The number of hydrazone groups is 1. The first-order chi connectivity index (χ1) is 9.99. The molecule has 0 aliphatic heterocycles. The monoisotopic (exact) mass is 294 g/mol. The predicted octanol–water partition coefficient (Wildman–Crippen LogP) is 3.87. The fraction of sp³-hybridized carbons (Fsp3) is 0.462. The van der Waals surface area contributed by atoms with Crippen molar-refractivity contribution in [2.24, 2.45) is 5.10 Å². The Hall–Kier alpha value is -2.51. The molecule has 0 bridgehead atoms. The fourth-order valence-corrected chi connectivity index (χ4v) is 1.71. The number of nitrogens with zero attached hydrogens (tertiary/aromatic N) is 3. The van der Waals surface area contributed by atoms with Gasteiger partial charge >= 0.3 is 5.69 Å². The van der Waals surface area contributed by atoms with Crippen LogP contribution in [0.25, 0.3) is 0 Å². The summed E-state index contributed by atoms with van der Waals surface area (Å²) < 4.78 is 0. The van der Waals surface area contributed by atoms with E-state index in [1.54, 1.807) is 0 Å². The van der Waals surface area contributed by atoms with E-state index in [9.17, 15) is 20.2 Å². The fourth-order valence-electron chi connectivity index (χ4n) is 1.71. The van der Waals surface area contributed by atoms with Crippen molar-refractivity contribution in [1.29, 1.82) is 0 Å². The second-order valence-electron chi connectivity index (χ2n) is 4.46. The van der Waals surface area contributed by atoms with Gasteiger partial charge in [-0.1, -0.05) is 20.3 Å². The van der Waals surface area contributed by atoms with Crippen LogP contribution in [0.1, 0.15) is 39.5 Å². The molecule has 1 rings (SSSR count). The lowest BCUT2D eigenvalue weighted by molar-refractivity contribution is -0.393. The zero-order chi connectivity index (χ0) is 15.8. The zero-order valence-electron chi connectivity index (χ0n) is 12.0. The van der Waals surface area contributed by atoms with Gasteiger partial charge in [0, 0.05) is 11.8 Å². The number of benzene rings is 1. The Balaban J connectivity index is 2.99. The van der Waals surface area contributed by atoms with Crippen LogP contribution in [0.5, 0.6) is 0 Å². The average Bonchev–Trinajstić information content (AvgIpc) is 2.47. The van der Waals surface area contributed by atoms with Crippen molar-refractivity contribution in [3.8, 4) is 0 Å². The van der Waals surface area contributed by atoms with Crippen LogP contribution in [0.15, 0.2) is 23.3 Å². The van der Waals surface area contributed by atoms with Gasteiger partial charge in [-0.05, 0) is 25.3 Å². The normalized spacial score (nSPS) is 11.2. The minimum absolute atomic E-state index is 0.146. The number of nitro groups is 2. The zero-order valence-corrected chi connectivity index (χ0v) is 12.0. The van der Waals surface area contributed by atoms with Gasteiger partial charge in [0.1, 0.15) is 5.69 Å². The molecule has 0 fully saturated rings. The van der Waals surface area contributed by atoms with E-state index in [0.717, 1.165) is 37.5 Å². The molecule has 0 saturated carbocycles. The van der Waals surface area contributed by atoms with Crippen molar-refractivity contribution in [3.63, 3.8) is 0 Å². The molecule has 0 heterocycles. The summed E-state index contributed by atoms with van der Waals surface area (Å²) in [5.41, 5.74) is 3.01. The predicted molar refractivity (Wildman–Crippen MR) is 80.6 cm³/mol. The van der Waals surface area contributed by atoms with Crippen LogP contribution in [0, 0.1) is 20.2 Å². The number of non-ortho nitro benzene ring substituents is 1. The minimum Gasteiger partial charge on any atom is -0.272 e. The molecule has 21 heavy (non-hydrogen) atoms. The molecule has 8 nitrogen and oxygen atoms in total. The van der Waals surface area contributed by atoms with Crippen molar-refractivity contribution in [1.82, 2.24) is 0 Å². The molecule has 0 atom stereocenters. The summed E-state index contributed by atoms with van der Waals surface area (Å²) in [7, 11) is 0. The molecule has 0 amide bonds. The number of nitrogens with one attached hydrogen (secondary N) is 1. The lowest BCUT2D eigenvalue weighted by Crippen LogP contribution is -2.03. The third kappa shape index (κ3) is 4.83. The van der Waals surface area contributed by atoms with E-state index in [-0.39, 0.29) is 17.1 Å². The van der Waals surface area contributed by atoms with Crippen molar-refractivity contribution in [3.05, 3.63) is 38.4 Å². The summed E-state index contributed by atoms with van der Waals surface area (Å²) in [4.78, 5) is 20.3. The first kappa shape index (κ1) is 16.5. The number of rotatable bonds is 8. The molecule has 0 aliphatic rings. The van der Waals surface area contributed by atoms with Gasteiger partial charge in [-0.15, -0.1) is 0 Å². The minimum atomic E-state index is -0.668. The van der Waals surface area contributed by atoms with Gasteiger partial charge in [0.05, 0.1) is 15.9 Å². The number of hydrogen-bond acceptors (Lipinski definition) is 6.